The van der Waals surface area contributed by atoms with Gasteiger partial charge in [0.2, 0.25) is 6.23 Å². The zero-order valence-electron chi connectivity index (χ0n) is 9.72. The van der Waals surface area contributed by atoms with Crippen LogP contribution in [0.3, 0.4) is 0 Å². The van der Waals surface area contributed by atoms with Crippen LogP contribution in [0.15, 0.2) is 54.0 Å². The van der Waals surface area contributed by atoms with Crippen molar-refractivity contribution in [3.8, 4) is 5.75 Å². The molecule has 1 aliphatic heterocycles. The molecular formula is C13H12FNO3. The summed E-state index contributed by atoms with van der Waals surface area (Å²) in [5.41, 5.74) is 0.114. The largest absolute Gasteiger partial charge is 0.465 e. The molecular weight excluding hydrogens is 237 g/mol. The summed E-state index contributed by atoms with van der Waals surface area (Å²) < 4.78 is 23.6. The number of carbonyl (C=O) groups excluding carboxylic acids is 1. The second-order valence-electron chi connectivity index (χ2n) is 3.60. The maximum Gasteiger partial charge on any atom is 0.339 e. The second kappa shape index (κ2) is 5.35. The Morgan fingerprint density at radius 3 is 2.67 bits per heavy atom. The smallest absolute Gasteiger partial charge is 0.339 e. The number of dihydropyridines is 1. The normalized spacial score (nSPS) is 18.2. The van der Waals surface area contributed by atoms with Crippen molar-refractivity contribution in [1.29, 1.82) is 0 Å². The molecule has 0 amide bonds. The van der Waals surface area contributed by atoms with Crippen molar-refractivity contribution in [1.82, 2.24) is 5.32 Å². The Hall–Kier alpha value is -2.30. The van der Waals surface area contributed by atoms with Crippen molar-refractivity contribution in [3.63, 3.8) is 0 Å². The molecule has 1 heterocycles. The average Bonchev–Trinajstić information content (AvgIpc) is 2.41. The van der Waals surface area contributed by atoms with E-state index in [1.165, 1.54) is 13.3 Å². The Morgan fingerprint density at radius 2 is 2.06 bits per heavy atom. The average molecular weight is 249 g/mol. The quantitative estimate of drug-likeness (QED) is 0.831. The summed E-state index contributed by atoms with van der Waals surface area (Å²) in [6.45, 7) is 0. The Labute approximate surface area is 104 Å². The van der Waals surface area contributed by atoms with E-state index in [2.05, 4.69) is 10.1 Å². The molecule has 94 valence electrons. The predicted octanol–water partition coefficient (Wildman–Crippen LogP) is 1.90. The van der Waals surface area contributed by atoms with Gasteiger partial charge in [-0.05, 0) is 18.2 Å². The summed E-state index contributed by atoms with van der Waals surface area (Å²) >= 11 is 0. The summed E-state index contributed by atoms with van der Waals surface area (Å²) in [6.07, 6.45) is 1.53. The third-order valence-corrected chi connectivity index (χ3v) is 2.35. The molecule has 1 N–H and O–H groups in total. The van der Waals surface area contributed by atoms with Crippen molar-refractivity contribution in [2.75, 3.05) is 7.11 Å². The number of halogens is 1. The molecule has 1 aromatic rings. The Kier molecular flexibility index (Phi) is 3.62. The molecule has 18 heavy (non-hydrogen) atoms. The van der Waals surface area contributed by atoms with Gasteiger partial charge in [0.25, 0.3) is 0 Å². The molecule has 5 heteroatoms. The van der Waals surface area contributed by atoms with Crippen molar-refractivity contribution in [2.24, 2.45) is 0 Å². The van der Waals surface area contributed by atoms with Crippen LogP contribution in [0.4, 0.5) is 4.39 Å². The van der Waals surface area contributed by atoms with Gasteiger partial charge in [-0.1, -0.05) is 18.2 Å². The molecule has 1 aliphatic rings. The van der Waals surface area contributed by atoms with Crippen LogP contribution in [0, 0.1) is 0 Å². The van der Waals surface area contributed by atoms with E-state index in [4.69, 9.17) is 4.74 Å². The van der Waals surface area contributed by atoms with Crippen LogP contribution in [0.25, 0.3) is 0 Å². The minimum absolute atomic E-state index is 0.114. The third-order valence-electron chi connectivity index (χ3n) is 2.35. The van der Waals surface area contributed by atoms with Gasteiger partial charge >= 0.3 is 5.97 Å². The highest BCUT2D eigenvalue weighted by Gasteiger charge is 2.22. The summed E-state index contributed by atoms with van der Waals surface area (Å²) in [5, 5.41) is 2.65. The number of para-hydroxylation sites is 1. The molecule has 2 rings (SSSR count). The lowest BCUT2D eigenvalue weighted by atomic mass is 10.2. The number of rotatable bonds is 3. The molecule has 0 spiro atoms. The molecule has 0 fully saturated rings. The third kappa shape index (κ3) is 2.68. The van der Waals surface area contributed by atoms with Gasteiger partial charge in [0.1, 0.15) is 5.75 Å². The summed E-state index contributed by atoms with van der Waals surface area (Å²) in [4.78, 5) is 11.2. The van der Waals surface area contributed by atoms with E-state index in [1.54, 1.807) is 24.3 Å². The topological polar surface area (TPSA) is 47.6 Å². The summed E-state index contributed by atoms with van der Waals surface area (Å²) in [6, 6.07) is 8.84. The lowest BCUT2D eigenvalue weighted by molar-refractivity contribution is -0.135. The zero-order chi connectivity index (χ0) is 13.0. The van der Waals surface area contributed by atoms with E-state index in [0.29, 0.717) is 5.75 Å². The first-order valence-corrected chi connectivity index (χ1v) is 5.34. The number of carbonyl (C=O) groups is 1. The number of esters is 1. The van der Waals surface area contributed by atoms with E-state index >= 15 is 0 Å². The maximum absolute atomic E-state index is 13.7. The fourth-order valence-corrected chi connectivity index (χ4v) is 1.47. The highest BCUT2D eigenvalue weighted by atomic mass is 19.1. The van der Waals surface area contributed by atoms with Crippen LogP contribution < -0.4 is 10.1 Å². The molecule has 1 unspecified atom stereocenters. The fraction of sp³-hybridized carbons (Fsp3) is 0.154. The summed E-state index contributed by atoms with van der Waals surface area (Å²) in [5.74, 6) is -0.647. The van der Waals surface area contributed by atoms with E-state index in [0.717, 1.165) is 6.08 Å². The molecule has 0 radical (unpaired) electrons. The van der Waals surface area contributed by atoms with Crippen LogP contribution in [0.2, 0.25) is 0 Å². The number of ether oxygens (including phenoxy) is 2. The lowest BCUT2D eigenvalue weighted by Crippen LogP contribution is -2.34. The van der Waals surface area contributed by atoms with Gasteiger partial charge in [-0.25, -0.2) is 9.18 Å². The highest BCUT2D eigenvalue weighted by Crippen LogP contribution is 2.19. The monoisotopic (exact) mass is 249 g/mol. The molecule has 0 aliphatic carbocycles. The molecule has 1 aromatic carbocycles. The van der Waals surface area contributed by atoms with Crippen molar-refractivity contribution >= 4 is 5.97 Å². The van der Waals surface area contributed by atoms with Gasteiger partial charge in [0.15, 0.2) is 5.83 Å². The molecule has 0 saturated carbocycles. The van der Waals surface area contributed by atoms with E-state index < -0.39 is 18.0 Å². The van der Waals surface area contributed by atoms with Crippen molar-refractivity contribution in [2.45, 2.75) is 6.23 Å². The molecule has 0 bridgehead atoms. The van der Waals surface area contributed by atoms with E-state index in [9.17, 15) is 9.18 Å². The Morgan fingerprint density at radius 1 is 1.33 bits per heavy atom. The van der Waals surface area contributed by atoms with Gasteiger partial charge in [-0.2, -0.15) is 0 Å². The van der Waals surface area contributed by atoms with Crippen LogP contribution in [0.1, 0.15) is 0 Å². The number of hydrogen-bond donors (Lipinski definition) is 1. The standard InChI is InChI=1S/C13H12FNO3/c1-17-13(16)9-7-11(14)12(15-8-9)18-10-5-3-2-4-6-10/h2-8,12,15H,1H3. The first kappa shape index (κ1) is 12.2. The van der Waals surface area contributed by atoms with Crippen molar-refractivity contribution < 1.29 is 18.7 Å². The van der Waals surface area contributed by atoms with Gasteiger partial charge in [0, 0.05) is 6.20 Å². The van der Waals surface area contributed by atoms with Gasteiger partial charge in [0.05, 0.1) is 12.7 Å². The molecule has 0 aromatic heterocycles. The highest BCUT2D eigenvalue weighted by molar-refractivity contribution is 5.91. The summed E-state index contributed by atoms with van der Waals surface area (Å²) in [7, 11) is 1.24. The van der Waals surface area contributed by atoms with Crippen molar-refractivity contribution in [3.05, 3.63) is 54.0 Å². The fourth-order valence-electron chi connectivity index (χ4n) is 1.47. The maximum atomic E-state index is 13.7. The van der Waals surface area contributed by atoms with Gasteiger partial charge in [-0.3, -0.25) is 0 Å². The zero-order valence-corrected chi connectivity index (χ0v) is 9.72. The minimum atomic E-state index is -0.930. The molecule has 1 atom stereocenters. The van der Waals surface area contributed by atoms with Gasteiger partial charge in [-0.15, -0.1) is 0 Å². The lowest BCUT2D eigenvalue weighted by Gasteiger charge is -2.21. The Bertz CT molecular complexity index is 496. The minimum Gasteiger partial charge on any atom is -0.465 e. The van der Waals surface area contributed by atoms with E-state index in [1.807, 2.05) is 6.07 Å². The molecule has 4 nitrogen and oxygen atoms in total. The molecule has 0 saturated heterocycles. The predicted molar refractivity (Wildman–Crippen MR) is 63.3 cm³/mol. The number of methoxy groups -OCH3 is 1. The first-order chi connectivity index (χ1) is 8.70. The second-order valence-corrected chi connectivity index (χ2v) is 3.60. The van der Waals surface area contributed by atoms with Crippen LogP contribution in [-0.4, -0.2) is 19.3 Å². The number of nitrogens with one attached hydrogen (secondary N) is 1. The van der Waals surface area contributed by atoms with E-state index in [-0.39, 0.29) is 5.57 Å². The van der Waals surface area contributed by atoms with Crippen LogP contribution in [0.5, 0.6) is 5.75 Å². The number of benzene rings is 1. The Balaban J connectivity index is 2.05. The SMILES string of the molecule is COC(=O)C1=CNC(Oc2ccccc2)C(F)=C1. The van der Waals surface area contributed by atoms with Gasteiger partial charge < -0.3 is 14.8 Å². The first-order valence-electron chi connectivity index (χ1n) is 5.34. The van der Waals surface area contributed by atoms with Crippen LogP contribution >= 0.6 is 0 Å². The number of hydrogen-bond acceptors (Lipinski definition) is 4. The van der Waals surface area contributed by atoms with Crippen LogP contribution in [-0.2, 0) is 9.53 Å².